The highest BCUT2D eigenvalue weighted by atomic mass is 16.7. The van der Waals surface area contributed by atoms with Crippen molar-refractivity contribution >= 4 is 5.91 Å². The maximum Gasteiger partial charge on any atom is 0.257 e. The summed E-state index contributed by atoms with van der Waals surface area (Å²) in [5, 5.41) is 4.43. The lowest BCUT2D eigenvalue weighted by Gasteiger charge is -2.40. The summed E-state index contributed by atoms with van der Waals surface area (Å²) in [7, 11) is 0. The van der Waals surface area contributed by atoms with E-state index in [1.165, 1.54) is 5.56 Å². The van der Waals surface area contributed by atoms with E-state index in [0.29, 0.717) is 6.79 Å². The summed E-state index contributed by atoms with van der Waals surface area (Å²) in [5.74, 6) is 1.74. The Morgan fingerprint density at radius 1 is 1.30 bits per heavy atom. The van der Waals surface area contributed by atoms with Gasteiger partial charge in [-0.2, -0.15) is 5.10 Å². The second kappa shape index (κ2) is 6.91. The van der Waals surface area contributed by atoms with E-state index in [-0.39, 0.29) is 11.3 Å². The molecule has 27 heavy (non-hydrogen) atoms. The van der Waals surface area contributed by atoms with Crippen LogP contribution in [0.1, 0.15) is 48.3 Å². The van der Waals surface area contributed by atoms with Crippen molar-refractivity contribution in [3.05, 3.63) is 41.2 Å². The molecular weight excluding hydrogens is 342 g/mol. The third kappa shape index (κ3) is 3.53. The van der Waals surface area contributed by atoms with E-state index in [1.54, 1.807) is 0 Å². The Bertz CT molecular complexity index is 860. The summed E-state index contributed by atoms with van der Waals surface area (Å²) < 4.78 is 12.7. The number of nitrogens with zero attached hydrogens (tertiary/aromatic N) is 3. The van der Waals surface area contributed by atoms with Crippen LogP contribution in [0.4, 0.5) is 0 Å². The van der Waals surface area contributed by atoms with Crippen LogP contribution in [0.2, 0.25) is 0 Å². The fourth-order valence-electron chi connectivity index (χ4n) is 4.24. The first kappa shape index (κ1) is 17.9. The maximum atomic E-state index is 13.1. The number of ether oxygens (including phenoxy) is 2. The topological polar surface area (TPSA) is 56.6 Å². The van der Waals surface area contributed by atoms with Gasteiger partial charge in [0.1, 0.15) is 0 Å². The first-order valence-corrected chi connectivity index (χ1v) is 9.69. The number of benzene rings is 1. The van der Waals surface area contributed by atoms with Gasteiger partial charge in [-0.05, 0) is 56.2 Å². The van der Waals surface area contributed by atoms with Gasteiger partial charge in [0.2, 0.25) is 6.79 Å². The minimum atomic E-state index is 0.0518. The van der Waals surface area contributed by atoms with Crippen LogP contribution in [0.3, 0.4) is 0 Å². The molecule has 1 aromatic carbocycles. The predicted octanol–water partition coefficient (Wildman–Crippen LogP) is 3.43. The third-order valence-electron chi connectivity index (χ3n) is 5.64. The van der Waals surface area contributed by atoms with Crippen LogP contribution in [0, 0.1) is 12.3 Å². The van der Waals surface area contributed by atoms with Gasteiger partial charge < -0.3 is 14.4 Å². The number of carbonyl (C=O) groups is 1. The van der Waals surface area contributed by atoms with Crippen LogP contribution in [0.5, 0.6) is 11.5 Å². The fraction of sp³-hybridized carbons (Fsp3) is 0.524. The number of rotatable bonds is 4. The van der Waals surface area contributed by atoms with E-state index in [0.717, 1.165) is 61.7 Å². The van der Waals surface area contributed by atoms with Gasteiger partial charge in [0.15, 0.2) is 11.5 Å². The Kier molecular flexibility index (Phi) is 4.58. The van der Waals surface area contributed by atoms with Crippen LogP contribution in [0.25, 0.3) is 0 Å². The highest BCUT2D eigenvalue weighted by Gasteiger charge is 2.34. The SMILES string of the molecule is CCn1cc(C(=O)N2CCCC(C)(Cc3ccc4c(c3)OCO4)C2)c(C)n1. The Balaban J connectivity index is 1.49. The highest BCUT2D eigenvalue weighted by molar-refractivity contribution is 5.95. The van der Waals surface area contributed by atoms with Gasteiger partial charge in [0.25, 0.3) is 5.91 Å². The van der Waals surface area contributed by atoms with E-state index >= 15 is 0 Å². The van der Waals surface area contributed by atoms with Crippen LogP contribution in [0.15, 0.2) is 24.4 Å². The molecule has 2 aliphatic rings. The molecule has 1 aromatic heterocycles. The van der Waals surface area contributed by atoms with E-state index in [1.807, 2.05) is 35.7 Å². The number of likely N-dealkylation sites (tertiary alicyclic amines) is 1. The average Bonchev–Trinajstić information content (AvgIpc) is 3.26. The normalized spacial score (nSPS) is 21.5. The van der Waals surface area contributed by atoms with Crippen LogP contribution in [-0.2, 0) is 13.0 Å². The summed E-state index contributed by atoms with van der Waals surface area (Å²) in [4.78, 5) is 15.1. The molecule has 1 amide bonds. The first-order valence-electron chi connectivity index (χ1n) is 9.69. The summed E-state index contributed by atoms with van der Waals surface area (Å²) in [6.45, 7) is 8.86. The van der Waals surface area contributed by atoms with E-state index in [2.05, 4.69) is 24.2 Å². The molecule has 144 valence electrons. The van der Waals surface area contributed by atoms with Crippen molar-refractivity contribution in [2.75, 3.05) is 19.9 Å². The van der Waals surface area contributed by atoms with Gasteiger partial charge >= 0.3 is 0 Å². The van der Waals surface area contributed by atoms with E-state index in [4.69, 9.17) is 9.47 Å². The van der Waals surface area contributed by atoms with Gasteiger partial charge in [0.05, 0.1) is 11.3 Å². The summed E-state index contributed by atoms with van der Waals surface area (Å²) in [6, 6.07) is 6.16. The molecule has 0 spiro atoms. The Labute approximate surface area is 160 Å². The second-order valence-electron chi connectivity index (χ2n) is 7.99. The zero-order valence-electron chi connectivity index (χ0n) is 16.3. The van der Waals surface area contributed by atoms with Gasteiger partial charge in [0, 0.05) is 25.8 Å². The monoisotopic (exact) mass is 369 g/mol. The summed E-state index contributed by atoms with van der Waals surface area (Å²) in [6.07, 6.45) is 4.92. The molecule has 1 atom stereocenters. The third-order valence-corrected chi connectivity index (χ3v) is 5.64. The van der Waals surface area contributed by atoms with E-state index < -0.39 is 0 Å². The number of aromatic nitrogens is 2. The van der Waals surface area contributed by atoms with Crippen molar-refractivity contribution < 1.29 is 14.3 Å². The quantitative estimate of drug-likeness (QED) is 0.829. The molecule has 0 radical (unpaired) electrons. The predicted molar refractivity (Wildman–Crippen MR) is 102 cm³/mol. The number of amides is 1. The van der Waals surface area contributed by atoms with Crippen LogP contribution in [-0.4, -0.2) is 40.5 Å². The Morgan fingerprint density at radius 2 is 2.11 bits per heavy atom. The molecule has 0 aliphatic carbocycles. The number of hydrogen-bond donors (Lipinski definition) is 0. The number of hydrogen-bond acceptors (Lipinski definition) is 4. The van der Waals surface area contributed by atoms with Gasteiger partial charge in [-0.3, -0.25) is 9.48 Å². The van der Waals surface area contributed by atoms with Crippen molar-refractivity contribution in [2.45, 2.75) is 46.6 Å². The Hall–Kier alpha value is -2.50. The first-order chi connectivity index (χ1) is 13.0. The minimum absolute atomic E-state index is 0.0518. The summed E-state index contributed by atoms with van der Waals surface area (Å²) >= 11 is 0. The van der Waals surface area contributed by atoms with Gasteiger partial charge in [-0.15, -0.1) is 0 Å². The van der Waals surface area contributed by atoms with Crippen molar-refractivity contribution in [2.24, 2.45) is 5.41 Å². The molecule has 6 nitrogen and oxygen atoms in total. The zero-order valence-corrected chi connectivity index (χ0v) is 16.3. The van der Waals surface area contributed by atoms with Crippen LogP contribution < -0.4 is 9.47 Å². The van der Waals surface area contributed by atoms with Crippen molar-refractivity contribution in [1.82, 2.24) is 14.7 Å². The standard InChI is InChI=1S/C21H27N3O3/c1-4-24-12-17(15(2)22-24)20(25)23-9-5-8-21(3,13-23)11-16-6-7-18-19(10-16)27-14-26-18/h6-7,10,12H,4-5,8-9,11,13-14H2,1-3H3. The molecule has 2 aromatic rings. The molecule has 3 heterocycles. The molecule has 0 saturated carbocycles. The zero-order chi connectivity index (χ0) is 19.0. The Morgan fingerprint density at radius 3 is 2.89 bits per heavy atom. The van der Waals surface area contributed by atoms with Crippen LogP contribution >= 0.6 is 0 Å². The minimum Gasteiger partial charge on any atom is -0.454 e. The second-order valence-corrected chi connectivity index (χ2v) is 7.99. The van der Waals surface area contributed by atoms with Gasteiger partial charge in [-0.1, -0.05) is 13.0 Å². The van der Waals surface area contributed by atoms with Crippen molar-refractivity contribution in [3.63, 3.8) is 0 Å². The molecule has 1 fully saturated rings. The van der Waals surface area contributed by atoms with E-state index in [9.17, 15) is 4.79 Å². The fourth-order valence-corrected chi connectivity index (χ4v) is 4.24. The molecule has 0 bridgehead atoms. The molecule has 6 heteroatoms. The largest absolute Gasteiger partial charge is 0.454 e. The number of aryl methyl sites for hydroxylation is 2. The number of fused-ring (bicyclic) bond motifs is 1. The molecular formula is C21H27N3O3. The lowest BCUT2D eigenvalue weighted by molar-refractivity contribution is 0.0550. The van der Waals surface area contributed by atoms with Crippen molar-refractivity contribution in [3.8, 4) is 11.5 Å². The maximum absolute atomic E-state index is 13.1. The smallest absolute Gasteiger partial charge is 0.257 e. The van der Waals surface area contributed by atoms with Crippen molar-refractivity contribution in [1.29, 1.82) is 0 Å². The molecule has 1 saturated heterocycles. The molecule has 4 rings (SSSR count). The molecule has 0 N–H and O–H groups in total. The molecule has 2 aliphatic heterocycles. The highest BCUT2D eigenvalue weighted by Crippen LogP contribution is 2.38. The lowest BCUT2D eigenvalue weighted by atomic mass is 9.76. The van der Waals surface area contributed by atoms with Gasteiger partial charge in [-0.25, -0.2) is 0 Å². The number of piperidine rings is 1. The summed E-state index contributed by atoms with van der Waals surface area (Å²) in [5.41, 5.74) is 2.82. The average molecular weight is 369 g/mol. The number of carbonyl (C=O) groups excluding carboxylic acids is 1. The molecule has 1 unspecified atom stereocenters. The lowest BCUT2D eigenvalue weighted by Crippen LogP contribution is -2.45.